The van der Waals surface area contributed by atoms with E-state index in [1.165, 1.54) is 33.4 Å². The Balaban J connectivity index is 0.000000152. The number of nitrogens with zero attached hydrogens (tertiary/aromatic N) is 3. The Kier molecular flexibility index (Phi) is 11.6. The topological polar surface area (TPSA) is 38.7 Å². The molecular formula is C33H27IrN3. The Bertz CT molecular complexity index is 1090. The smallest absolute Gasteiger partial charge is 0.0273 e. The number of pyridine rings is 3. The molecule has 0 fully saturated rings. The molecule has 3 heterocycles. The molecule has 0 atom stereocenters. The van der Waals surface area contributed by atoms with E-state index >= 15 is 0 Å². The van der Waals surface area contributed by atoms with E-state index in [4.69, 9.17) is 0 Å². The molecule has 0 spiro atoms. The summed E-state index contributed by atoms with van der Waals surface area (Å²) in [5, 5.41) is 0. The molecule has 6 aromatic rings. The van der Waals surface area contributed by atoms with E-state index in [-0.39, 0.29) is 20.1 Å². The van der Waals surface area contributed by atoms with Gasteiger partial charge in [0, 0.05) is 57.3 Å². The Labute approximate surface area is 232 Å². The second-order valence-electron chi connectivity index (χ2n) is 7.81. The van der Waals surface area contributed by atoms with E-state index < -0.39 is 0 Å². The molecular weight excluding hydrogens is 631 g/mol. The maximum Gasteiger partial charge on any atom is 0.0273 e. The van der Waals surface area contributed by atoms with Gasteiger partial charge in [0.15, 0.2) is 0 Å². The van der Waals surface area contributed by atoms with Crippen LogP contribution in [-0.2, 0) is 20.1 Å². The van der Waals surface area contributed by atoms with Crippen LogP contribution in [0.2, 0.25) is 0 Å². The van der Waals surface area contributed by atoms with Gasteiger partial charge in [0.1, 0.15) is 0 Å². The van der Waals surface area contributed by atoms with Crippen molar-refractivity contribution in [2.45, 2.75) is 0 Å². The molecule has 0 saturated heterocycles. The third-order valence-electron chi connectivity index (χ3n) is 5.36. The summed E-state index contributed by atoms with van der Waals surface area (Å²) in [7, 11) is 0. The van der Waals surface area contributed by atoms with Crippen LogP contribution in [0.15, 0.2) is 165 Å². The summed E-state index contributed by atoms with van der Waals surface area (Å²) in [5.74, 6) is 0. The van der Waals surface area contributed by atoms with Crippen LogP contribution in [0.1, 0.15) is 0 Å². The van der Waals surface area contributed by atoms with Gasteiger partial charge in [-0.3, -0.25) is 15.0 Å². The van der Waals surface area contributed by atoms with Gasteiger partial charge in [0.05, 0.1) is 0 Å². The van der Waals surface area contributed by atoms with Crippen molar-refractivity contribution >= 4 is 0 Å². The van der Waals surface area contributed by atoms with Crippen molar-refractivity contribution < 1.29 is 20.1 Å². The molecule has 3 aromatic heterocycles. The molecule has 0 saturated carbocycles. The first-order chi connectivity index (χ1) is 17.9. The van der Waals surface area contributed by atoms with Crippen LogP contribution in [-0.4, -0.2) is 15.0 Å². The van der Waals surface area contributed by atoms with Crippen LogP contribution in [0.3, 0.4) is 0 Å². The first-order valence-electron chi connectivity index (χ1n) is 11.8. The Hall–Kier alpha value is -4.24. The minimum Gasteiger partial charge on any atom is -0.265 e. The van der Waals surface area contributed by atoms with E-state index in [0.717, 1.165) is 0 Å². The fourth-order valence-electron chi connectivity index (χ4n) is 3.52. The van der Waals surface area contributed by atoms with E-state index in [1.54, 1.807) is 0 Å². The van der Waals surface area contributed by atoms with Gasteiger partial charge >= 0.3 is 0 Å². The summed E-state index contributed by atoms with van der Waals surface area (Å²) in [6.45, 7) is 0. The van der Waals surface area contributed by atoms with Crippen LogP contribution in [0, 0.1) is 0 Å². The van der Waals surface area contributed by atoms with Crippen molar-refractivity contribution in [2.24, 2.45) is 0 Å². The van der Waals surface area contributed by atoms with Crippen molar-refractivity contribution in [3.8, 4) is 33.4 Å². The van der Waals surface area contributed by atoms with Crippen molar-refractivity contribution in [1.29, 1.82) is 0 Å². The maximum atomic E-state index is 3.97. The molecule has 3 aromatic carbocycles. The summed E-state index contributed by atoms with van der Waals surface area (Å²) < 4.78 is 0. The monoisotopic (exact) mass is 658 g/mol. The predicted molar refractivity (Wildman–Crippen MR) is 149 cm³/mol. The molecule has 0 aliphatic rings. The van der Waals surface area contributed by atoms with Crippen LogP contribution in [0.4, 0.5) is 0 Å². The molecule has 1 radical (unpaired) electrons. The van der Waals surface area contributed by atoms with Crippen LogP contribution in [0.25, 0.3) is 33.4 Å². The van der Waals surface area contributed by atoms with E-state index in [1.807, 2.05) is 128 Å². The summed E-state index contributed by atoms with van der Waals surface area (Å²) in [6, 6.07) is 42.9. The van der Waals surface area contributed by atoms with E-state index in [2.05, 4.69) is 51.4 Å². The zero-order valence-electron chi connectivity index (χ0n) is 20.3. The molecule has 37 heavy (non-hydrogen) atoms. The minimum absolute atomic E-state index is 0. The van der Waals surface area contributed by atoms with Gasteiger partial charge in [-0.05, 0) is 69.8 Å². The molecule has 6 rings (SSSR count). The second-order valence-corrected chi connectivity index (χ2v) is 7.81. The third kappa shape index (κ3) is 9.05. The number of benzene rings is 3. The standard InChI is InChI=1S/3C11H9N.Ir/c3*1-2-4-10(5-3-1)11-6-8-12-9-7-11;/h3*1-9H;. The summed E-state index contributed by atoms with van der Waals surface area (Å²) in [5.41, 5.74) is 7.35. The third-order valence-corrected chi connectivity index (χ3v) is 5.36. The average Bonchev–Trinajstić information content (AvgIpc) is 3.01. The van der Waals surface area contributed by atoms with Gasteiger partial charge in [-0.1, -0.05) is 91.0 Å². The fourth-order valence-corrected chi connectivity index (χ4v) is 3.52. The Morgan fingerprint density at radius 3 is 0.649 bits per heavy atom. The first-order valence-corrected chi connectivity index (χ1v) is 11.8. The molecule has 0 unspecified atom stereocenters. The Morgan fingerprint density at radius 2 is 0.432 bits per heavy atom. The molecule has 0 bridgehead atoms. The van der Waals surface area contributed by atoms with Gasteiger partial charge in [0.2, 0.25) is 0 Å². The van der Waals surface area contributed by atoms with Crippen molar-refractivity contribution in [2.75, 3.05) is 0 Å². The number of rotatable bonds is 3. The summed E-state index contributed by atoms with van der Waals surface area (Å²) >= 11 is 0. The summed E-state index contributed by atoms with van der Waals surface area (Å²) in [6.07, 6.45) is 10.8. The molecule has 0 amide bonds. The van der Waals surface area contributed by atoms with E-state index in [9.17, 15) is 0 Å². The second kappa shape index (κ2) is 15.7. The van der Waals surface area contributed by atoms with Crippen LogP contribution >= 0.6 is 0 Å². The van der Waals surface area contributed by atoms with Gasteiger partial charge in [-0.2, -0.15) is 0 Å². The number of aromatic nitrogens is 3. The van der Waals surface area contributed by atoms with Crippen molar-refractivity contribution in [1.82, 2.24) is 15.0 Å². The van der Waals surface area contributed by atoms with Gasteiger partial charge in [-0.25, -0.2) is 0 Å². The number of hydrogen-bond acceptors (Lipinski definition) is 3. The first kappa shape index (κ1) is 27.3. The van der Waals surface area contributed by atoms with Crippen LogP contribution in [0.5, 0.6) is 0 Å². The van der Waals surface area contributed by atoms with Crippen LogP contribution < -0.4 is 0 Å². The SMILES string of the molecule is [Ir].c1ccc(-c2ccncc2)cc1.c1ccc(-c2ccncc2)cc1.c1ccc(-c2ccncc2)cc1. The fraction of sp³-hybridized carbons (Fsp3) is 0. The van der Waals surface area contributed by atoms with Crippen molar-refractivity contribution in [3.63, 3.8) is 0 Å². The largest absolute Gasteiger partial charge is 0.265 e. The normalized spacial score (nSPS) is 9.41. The zero-order valence-corrected chi connectivity index (χ0v) is 22.7. The van der Waals surface area contributed by atoms with E-state index in [0.29, 0.717) is 0 Å². The maximum absolute atomic E-state index is 3.97. The molecule has 183 valence electrons. The predicted octanol–water partition coefficient (Wildman–Crippen LogP) is 8.24. The Morgan fingerprint density at radius 1 is 0.243 bits per heavy atom. The molecule has 4 heteroatoms. The molecule has 0 aliphatic heterocycles. The molecule has 3 nitrogen and oxygen atoms in total. The van der Waals surface area contributed by atoms with Gasteiger partial charge in [0.25, 0.3) is 0 Å². The quantitative estimate of drug-likeness (QED) is 0.193. The minimum atomic E-state index is 0. The average molecular weight is 658 g/mol. The molecule has 0 aliphatic carbocycles. The zero-order chi connectivity index (χ0) is 24.7. The summed E-state index contributed by atoms with van der Waals surface area (Å²) in [4.78, 5) is 11.9. The molecule has 0 N–H and O–H groups in total. The number of hydrogen-bond donors (Lipinski definition) is 0. The van der Waals surface area contributed by atoms with Crippen molar-refractivity contribution in [3.05, 3.63) is 165 Å². The van der Waals surface area contributed by atoms with Gasteiger partial charge < -0.3 is 0 Å². The van der Waals surface area contributed by atoms with Gasteiger partial charge in [-0.15, -0.1) is 0 Å².